The van der Waals surface area contributed by atoms with Crippen LogP contribution in [-0.2, 0) is 17.6 Å². The van der Waals surface area contributed by atoms with Gasteiger partial charge < -0.3 is 10.1 Å². The number of nitrogens with zero attached hydrogens (tertiary/aromatic N) is 2. The van der Waals surface area contributed by atoms with Crippen molar-refractivity contribution < 1.29 is 9.90 Å². The first kappa shape index (κ1) is 18.7. The molecule has 2 aromatic heterocycles. The number of aromatic amines is 2. The number of hydrogen-bond donors (Lipinski definition) is 3. The first-order valence-electron chi connectivity index (χ1n) is 9.45. The van der Waals surface area contributed by atoms with Crippen LogP contribution in [0.5, 0.6) is 5.88 Å². The lowest BCUT2D eigenvalue weighted by molar-refractivity contribution is -0.116. The Morgan fingerprint density at radius 2 is 1.93 bits per heavy atom. The van der Waals surface area contributed by atoms with E-state index in [9.17, 15) is 9.90 Å². The summed E-state index contributed by atoms with van der Waals surface area (Å²) in [5.74, 6) is 0.800. The van der Waals surface area contributed by atoms with Crippen molar-refractivity contribution >= 4 is 28.7 Å². The van der Waals surface area contributed by atoms with Crippen LogP contribution in [0, 0.1) is 6.92 Å². The van der Waals surface area contributed by atoms with Crippen molar-refractivity contribution in [1.29, 1.82) is 0 Å². The molecule has 29 heavy (non-hydrogen) atoms. The Morgan fingerprint density at radius 1 is 1.14 bits per heavy atom. The SMILES string of the molecule is CC(=O)Cc1cccc(Cc2ccc3[nH]c(O)c(C=Nc4cc(C)[nH]n4)c3c2)c1. The third-order valence-corrected chi connectivity index (χ3v) is 4.75. The van der Waals surface area contributed by atoms with Gasteiger partial charge in [0.25, 0.3) is 0 Å². The van der Waals surface area contributed by atoms with Crippen molar-refractivity contribution in [3.63, 3.8) is 0 Å². The highest BCUT2D eigenvalue weighted by molar-refractivity contribution is 6.02. The van der Waals surface area contributed by atoms with Gasteiger partial charge in [0, 0.05) is 35.3 Å². The molecule has 0 spiro atoms. The summed E-state index contributed by atoms with van der Waals surface area (Å²) in [6.07, 6.45) is 2.82. The van der Waals surface area contributed by atoms with Gasteiger partial charge in [0.1, 0.15) is 5.78 Å². The predicted octanol–water partition coefficient (Wildman–Crippen LogP) is 4.38. The standard InChI is InChI=1S/C23H22N4O2/c1-14-8-22(27-26-14)24-13-20-19-12-18(6-7-21(19)25-23(20)29)11-17-5-3-4-16(10-17)9-15(2)28/h3-8,10,12-13,25,29H,9,11H2,1-2H3,(H,26,27). The van der Waals surface area contributed by atoms with Crippen molar-refractivity contribution in [3.05, 3.63) is 76.5 Å². The summed E-state index contributed by atoms with van der Waals surface area (Å²) < 4.78 is 0. The number of aromatic nitrogens is 3. The maximum absolute atomic E-state index is 11.4. The summed E-state index contributed by atoms with van der Waals surface area (Å²) >= 11 is 0. The number of aliphatic imine (C=N–C) groups is 1. The van der Waals surface area contributed by atoms with E-state index < -0.39 is 0 Å². The van der Waals surface area contributed by atoms with Gasteiger partial charge in [-0.1, -0.05) is 30.3 Å². The molecule has 0 radical (unpaired) electrons. The van der Waals surface area contributed by atoms with Crippen LogP contribution in [0.3, 0.4) is 0 Å². The zero-order valence-electron chi connectivity index (χ0n) is 16.4. The zero-order chi connectivity index (χ0) is 20.4. The lowest BCUT2D eigenvalue weighted by Gasteiger charge is -2.05. The Balaban J connectivity index is 1.63. The summed E-state index contributed by atoms with van der Waals surface area (Å²) in [5.41, 5.74) is 5.68. The number of H-pyrrole nitrogens is 2. The number of carbonyl (C=O) groups is 1. The molecule has 146 valence electrons. The minimum atomic E-state index is 0.0802. The molecule has 0 bridgehead atoms. The van der Waals surface area contributed by atoms with Gasteiger partial charge in [-0.05, 0) is 49.1 Å². The highest BCUT2D eigenvalue weighted by atomic mass is 16.3. The third kappa shape index (κ3) is 4.27. The number of benzene rings is 2. The van der Waals surface area contributed by atoms with Crippen LogP contribution in [0.4, 0.5) is 5.82 Å². The van der Waals surface area contributed by atoms with Crippen LogP contribution in [0.25, 0.3) is 10.9 Å². The topological polar surface area (TPSA) is 94.1 Å². The molecule has 0 amide bonds. The molecule has 2 aromatic carbocycles. The second-order valence-corrected chi connectivity index (χ2v) is 7.31. The lowest BCUT2D eigenvalue weighted by atomic mass is 9.99. The second-order valence-electron chi connectivity index (χ2n) is 7.31. The van der Waals surface area contributed by atoms with Gasteiger partial charge in [-0.15, -0.1) is 0 Å². The molecule has 4 aromatic rings. The fourth-order valence-corrected chi connectivity index (χ4v) is 3.46. The van der Waals surface area contributed by atoms with E-state index in [1.807, 2.05) is 37.3 Å². The van der Waals surface area contributed by atoms with E-state index in [-0.39, 0.29) is 11.7 Å². The van der Waals surface area contributed by atoms with Gasteiger partial charge in [-0.3, -0.25) is 9.89 Å². The first-order valence-corrected chi connectivity index (χ1v) is 9.45. The van der Waals surface area contributed by atoms with Crippen molar-refractivity contribution in [2.45, 2.75) is 26.7 Å². The van der Waals surface area contributed by atoms with Crippen LogP contribution < -0.4 is 0 Å². The van der Waals surface area contributed by atoms with Gasteiger partial charge in [-0.2, -0.15) is 5.10 Å². The van der Waals surface area contributed by atoms with Crippen LogP contribution in [0.15, 0.2) is 53.5 Å². The van der Waals surface area contributed by atoms with E-state index in [2.05, 4.69) is 38.4 Å². The normalized spacial score (nSPS) is 11.5. The number of carbonyl (C=O) groups excluding carboxylic acids is 1. The highest BCUT2D eigenvalue weighted by Gasteiger charge is 2.10. The molecule has 0 atom stereocenters. The molecule has 0 unspecified atom stereocenters. The molecule has 6 nitrogen and oxygen atoms in total. The number of aromatic hydroxyl groups is 1. The fraction of sp³-hybridized carbons (Fsp3) is 0.174. The Bertz CT molecular complexity index is 1220. The summed E-state index contributed by atoms with van der Waals surface area (Å²) in [4.78, 5) is 18.7. The fourth-order valence-electron chi connectivity index (χ4n) is 3.46. The number of Topliss-reactive ketones (excluding diaryl/α,β-unsaturated/α-hetero) is 1. The molecule has 0 aliphatic carbocycles. The van der Waals surface area contributed by atoms with Crippen molar-refractivity contribution in [2.75, 3.05) is 0 Å². The monoisotopic (exact) mass is 386 g/mol. The summed E-state index contributed by atoms with van der Waals surface area (Å²) in [5, 5.41) is 18.1. The zero-order valence-corrected chi connectivity index (χ0v) is 16.4. The number of aryl methyl sites for hydroxylation is 1. The summed E-state index contributed by atoms with van der Waals surface area (Å²) in [6, 6.07) is 16.0. The minimum absolute atomic E-state index is 0.0802. The van der Waals surface area contributed by atoms with Crippen LogP contribution in [-0.4, -0.2) is 32.3 Å². The number of rotatable bonds is 6. The molecule has 2 heterocycles. The molecular weight excluding hydrogens is 364 g/mol. The molecule has 0 saturated heterocycles. The van der Waals surface area contributed by atoms with E-state index in [0.717, 1.165) is 39.7 Å². The van der Waals surface area contributed by atoms with Gasteiger partial charge >= 0.3 is 0 Å². The number of nitrogens with one attached hydrogen (secondary N) is 2. The number of ketones is 1. The van der Waals surface area contributed by atoms with Crippen LogP contribution in [0.1, 0.15) is 34.9 Å². The maximum Gasteiger partial charge on any atom is 0.198 e. The van der Waals surface area contributed by atoms with E-state index in [0.29, 0.717) is 17.8 Å². The Labute approximate surface area is 168 Å². The average molecular weight is 386 g/mol. The molecule has 0 saturated carbocycles. The van der Waals surface area contributed by atoms with Crippen LogP contribution in [0.2, 0.25) is 0 Å². The molecular formula is C23H22N4O2. The van der Waals surface area contributed by atoms with Gasteiger partial charge in [0.05, 0.1) is 5.56 Å². The minimum Gasteiger partial charge on any atom is -0.494 e. The number of fused-ring (bicyclic) bond motifs is 1. The molecule has 3 N–H and O–H groups in total. The predicted molar refractivity (Wildman–Crippen MR) is 114 cm³/mol. The van der Waals surface area contributed by atoms with Crippen molar-refractivity contribution in [1.82, 2.24) is 15.2 Å². The molecule has 0 aliphatic heterocycles. The van der Waals surface area contributed by atoms with Gasteiger partial charge in [0.2, 0.25) is 0 Å². The Hall–Kier alpha value is -3.67. The maximum atomic E-state index is 11.4. The summed E-state index contributed by atoms with van der Waals surface area (Å²) in [7, 11) is 0. The molecule has 0 fully saturated rings. The molecule has 6 heteroatoms. The Morgan fingerprint density at radius 3 is 2.69 bits per heavy atom. The Kier molecular flexibility index (Phi) is 4.99. The molecule has 0 aliphatic rings. The van der Waals surface area contributed by atoms with Gasteiger partial charge in [0.15, 0.2) is 11.7 Å². The van der Waals surface area contributed by atoms with Crippen LogP contribution >= 0.6 is 0 Å². The van der Waals surface area contributed by atoms with E-state index in [1.165, 1.54) is 0 Å². The third-order valence-electron chi connectivity index (χ3n) is 4.75. The largest absolute Gasteiger partial charge is 0.494 e. The first-order chi connectivity index (χ1) is 14.0. The quantitative estimate of drug-likeness (QED) is 0.429. The smallest absolute Gasteiger partial charge is 0.198 e. The van der Waals surface area contributed by atoms with E-state index >= 15 is 0 Å². The van der Waals surface area contributed by atoms with E-state index in [4.69, 9.17) is 0 Å². The molecule has 4 rings (SSSR count). The van der Waals surface area contributed by atoms with Crippen molar-refractivity contribution in [3.8, 4) is 5.88 Å². The average Bonchev–Trinajstić information content (AvgIpc) is 3.22. The van der Waals surface area contributed by atoms with E-state index in [1.54, 1.807) is 13.1 Å². The lowest BCUT2D eigenvalue weighted by Crippen LogP contribution is -1.97. The summed E-state index contributed by atoms with van der Waals surface area (Å²) in [6.45, 7) is 3.51. The highest BCUT2D eigenvalue weighted by Crippen LogP contribution is 2.28. The second kappa shape index (κ2) is 7.75. The van der Waals surface area contributed by atoms with Gasteiger partial charge in [-0.25, -0.2) is 4.99 Å². The number of hydrogen-bond acceptors (Lipinski definition) is 4. The van der Waals surface area contributed by atoms with Crippen molar-refractivity contribution in [2.24, 2.45) is 4.99 Å².